The molecule has 0 amide bonds. The van der Waals surface area contributed by atoms with Crippen LogP contribution in [0.3, 0.4) is 0 Å². The average molecular weight is 804 g/mol. The molecule has 11 nitrogen and oxygen atoms in total. The van der Waals surface area contributed by atoms with Crippen molar-refractivity contribution in [2.75, 3.05) is 19.8 Å². The van der Waals surface area contributed by atoms with E-state index in [1.54, 1.807) is 0 Å². The summed E-state index contributed by atoms with van der Waals surface area (Å²) in [6.07, 6.45) is 38.5. The van der Waals surface area contributed by atoms with E-state index in [4.69, 9.17) is 24.8 Å². The highest BCUT2D eigenvalue weighted by atomic mass is 31.2. The maximum absolute atomic E-state index is 12.6. The van der Waals surface area contributed by atoms with Gasteiger partial charge in [-0.1, -0.05) is 174 Å². The molecule has 0 aromatic rings. The van der Waals surface area contributed by atoms with E-state index in [9.17, 15) is 23.8 Å². The maximum Gasteiger partial charge on any atom is 0.472 e. The SMILES string of the molecule is CCCCCC/C=C/CCCCCCCC(=O)O[C@@H](COC(=O)CCCCCCCCCCCCCCCCCCCC)COP(=O)(O)OC[C@@H](N)C(=O)O. The minimum atomic E-state index is -4.71. The highest BCUT2D eigenvalue weighted by Crippen LogP contribution is 2.43. The highest BCUT2D eigenvalue weighted by molar-refractivity contribution is 7.47. The first-order chi connectivity index (χ1) is 26.6. The number of carbonyl (C=O) groups is 3. The molecule has 0 saturated heterocycles. The van der Waals surface area contributed by atoms with Crippen LogP contribution in [0, 0.1) is 0 Å². The van der Waals surface area contributed by atoms with Gasteiger partial charge in [0.05, 0.1) is 13.2 Å². The fraction of sp³-hybridized carbons (Fsp3) is 0.884. The number of phosphoric ester groups is 1. The monoisotopic (exact) mass is 804 g/mol. The van der Waals surface area contributed by atoms with E-state index in [0.717, 1.165) is 57.8 Å². The van der Waals surface area contributed by atoms with Crippen molar-refractivity contribution >= 4 is 25.7 Å². The normalized spacial score (nSPS) is 13.8. The number of allylic oxidation sites excluding steroid dienone is 2. The number of hydrogen-bond acceptors (Lipinski definition) is 9. The molecule has 1 unspecified atom stereocenters. The van der Waals surface area contributed by atoms with Gasteiger partial charge in [-0.25, -0.2) is 4.57 Å². The summed E-state index contributed by atoms with van der Waals surface area (Å²) >= 11 is 0. The summed E-state index contributed by atoms with van der Waals surface area (Å²) in [5.74, 6) is -2.38. The second kappa shape index (κ2) is 39.1. The second-order valence-electron chi connectivity index (χ2n) is 15.2. The van der Waals surface area contributed by atoms with Crippen LogP contribution in [-0.4, -0.2) is 59.9 Å². The van der Waals surface area contributed by atoms with Gasteiger partial charge in [-0.15, -0.1) is 0 Å². The van der Waals surface area contributed by atoms with E-state index < -0.39 is 51.1 Å². The van der Waals surface area contributed by atoms with Crippen LogP contribution in [0.5, 0.6) is 0 Å². The van der Waals surface area contributed by atoms with Crippen LogP contribution in [-0.2, 0) is 37.5 Å². The van der Waals surface area contributed by atoms with Crippen LogP contribution in [0.1, 0.15) is 213 Å². The summed E-state index contributed by atoms with van der Waals surface area (Å²) in [5, 5.41) is 8.88. The van der Waals surface area contributed by atoms with Crippen LogP contribution in [0.25, 0.3) is 0 Å². The Labute approximate surface area is 335 Å². The number of carboxylic acid groups (broad SMARTS) is 1. The van der Waals surface area contributed by atoms with Gasteiger partial charge >= 0.3 is 25.7 Å². The lowest BCUT2D eigenvalue weighted by molar-refractivity contribution is -0.161. The molecule has 0 saturated carbocycles. The number of nitrogens with two attached hydrogens (primary N) is 1. The van der Waals surface area contributed by atoms with Gasteiger partial charge in [-0.05, 0) is 38.5 Å². The van der Waals surface area contributed by atoms with Gasteiger partial charge in [-0.3, -0.25) is 23.4 Å². The highest BCUT2D eigenvalue weighted by Gasteiger charge is 2.28. The van der Waals surface area contributed by atoms with Crippen molar-refractivity contribution < 1.29 is 47.5 Å². The molecule has 55 heavy (non-hydrogen) atoms. The van der Waals surface area contributed by atoms with E-state index in [-0.39, 0.29) is 19.4 Å². The lowest BCUT2D eigenvalue weighted by Crippen LogP contribution is -2.34. The van der Waals surface area contributed by atoms with Crippen LogP contribution in [0.4, 0.5) is 0 Å². The molecule has 0 aliphatic heterocycles. The van der Waals surface area contributed by atoms with E-state index in [0.29, 0.717) is 12.8 Å². The Morgan fingerprint density at radius 2 is 0.909 bits per heavy atom. The number of ether oxygens (including phenoxy) is 2. The molecule has 12 heteroatoms. The Balaban J connectivity index is 4.29. The van der Waals surface area contributed by atoms with E-state index in [1.165, 1.54) is 116 Å². The van der Waals surface area contributed by atoms with Crippen LogP contribution in [0.15, 0.2) is 12.2 Å². The molecule has 0 aliphatic carbocycles. The van der Waals surface area contributed by atoms with Crippen molar-refractivity contribution in [3.63, 3.8) is 0 Å². The topological polar surface area (TPSA) is 172 Å². The quantitative estimate of drug-likeness (QED) is 0.0232. The van der Waals surface area contributed by atoms with Crippen molar-refractivity contribution in [1.29, 1.82) is 0 Å². The fourth-order valence-corrected chi connectivity index (χ4v) is 7.02. The summed E-state index contributed by atoms with van der Waals surface area (Å²) in [7, 11) is -4.71. The standard InChI is InChI=1S/C43H82NO10P/c1-3-5-7-9-11-13-15-17-18-19-20-21-23-24-26-28-30-32-34-41(45)51-36-39(37-52-55(49,50)53-38-40(44)43(47)48)54-42(46)35-33-31-29-27-25-22-16-14-12-10-8-6-4-2/h14,16,39-40H,3-13,15,17-38,44H2,1-2H3,(H,47,48)(H,49,50)/b16-14+/t39-,40+/m0/s1. The Kier molecular flexibility index (Phi) is 37.8. The zero-order valence-corrected chi connectivity index (χ0v) is 35.9. The van der Waals surface area contributed by atoms with Gasteiger partial charge in [0.1, 0.15) is 12.6 Å². The second-order valence-corrected chi connectivity index (χ2v) is 16.6. The summed E-state index contributed by atoms with van der Waals surface area (Å²) in [6.45, 7) is 2.80. The third kappa shape index (κ3) is 38.9. The Hall–Kier alpha value is -1.78. The van der Waals surface area contributed by atoms with Crippen molar-refractivity contribution in [2.45, 2.75) is 225 Å². The van der Waals surface area contributed by atoms with Crippen molar-refractivity contribution in [3.8, 4) is 0 Å². The largest absolute Gasteiger partial charge is 0.480 e. The predicted octanol–water partition coefficient (Wildman–Crippen LogP) is 11.7. The number of unbranched alkanes of at least 4 members (excludes halogenated alkanes) is 26. The molecule has 0 aliphatic rings. The third-order valence-electron chi connectivity index (χ3n) is 9.76. The van der Waals surface area contributed by atoms with Crippen LogP contribution >= 0.6 is 7.82 Å². The van der Waals surface area contributed by atoms with Gasteiger partial charge in [0.15, 0.2) is 6.10 Å². The van der Waals surface area contributed by atoms with Crippen molar-refractivity contribution in [1.82, 2.24) is 0 Å². The van der Waals surface area contributed by atoms with Gasteiger partial charge in [-0.2, -0.15) is 0 Å². The molecule has 0 aromatic carbocycles. The first-order valence-electron chi connectivity index (χ1n) is 22.2. The molecule has 3 atom stereocenters. The van der Waals surface area contributed by atoms with Crippen molar-refractivity contribution in [3.05, 3.63) is 12.2 Å². The zero-order valence-electron chi connectivity index (χ0n) is 35.0. The molecule has 0 radical (unpaired) electrons. The molecular formula is C43H82NO10P. The molecule has 0 heterocycles. The van der Waals surface area contributed by atoms with Gasteiger partial charge in [0.25, 0.3) is 0 Å². The van der Waals surface area contributed by atoms with E-state index in [2.05, 4.69) is 30.5 Å². The molecule has 0 aromatic heterocycles. The van der Waals surface area contributed by atoms with E-state index in [1.807, 2.05) is 0 Å². The number of aliphatic carboxylic acids is 1. The Bertz CT molecular complexity index is 995. The summed E-state index contributed by atoms with van der Waals surface area (Å²) in [4.78, 5) is 45.9. The molecule has 0 bridgehead atoms. The number of esters is 2. The van der Waals surface area contributed by atoms with Gasteiger partial charge < -0.3 is 25.2 Å². The zero-order chi connectivity index (χ0) is 40.7. The number of phosphoric acid groups is 1. The number of carboxylic acids is 1. The third-order valence-corrected chi connectivity index (χ3v) is 10.7. The smallest absolute Gasteiger partial charge is 0.472 e. The maximum atomic E-state index is 12.6. The summed E-state index contributed by atoms with van der Waals surface area (Å²) in [5.41, 5.74) is 5.33. The van der Waals surface area contributed by atoms with E-state index >= 15 is 0 Å². The minimum absolute atomic E-state index is 0.155. The van der Waals surface area contributed by atoms with Crippen LogP contribution in [0.2, 0.25) is 0 Å². The lowest BCUT2D eigenvalue weighted by atomic mass is 10.0. The van der Waals surface area contributed by atoms with Crippen molar-refractivity contribution in [2.24, 2.45) is 5.73 Å². The summed E-state index contributed by atoms with van der Waals surface area (Å²) in [6, 6.07) is -1.52. The molecule has 324 valence electrons. The lowest BCUT2D eigenvalue weighted by Gasteiger charge is -2.20. The summed E-state index contributed by atoms with van der Waals surface area (Å²) < 4.78 is 32.7. The molecule has 0 fully saturated rings. The molecule has 4 N–H and O–H groups in total. The number of hydrogen-bond donors (Lipinski definition) is 3. The first kappa shape index (κ1) is 53.2. The van der Waals surface area contributed by atoms with Gasteiger partial charge in [0.2, 0.25) is 0 Å². The molecular weight excluding hydrogens is 721 g/mol. The van der Waals surface area contributed by atoms with Crippen LogP contribution < -0.4 is 5.73 Å². The molecule has 0 rings (SSSR count). The first-order valence-corrected chi connectivity index (χ1v) is 23.7. The van der Waals surface area contributed by atoms with Gasteiger partial charge in [0, 0.05) is 12.8 Å². The minimum Gasteiger partial charge on any atom is -0.480 e. The molecule has 0 spiro atoms. The average Bonchev–Trinajstić information content (AvgIpc) is 3.16. The Morgan fingerprint density at radius 1 is 0.545 bits per heavy atom. The number of rotatable bonds is 42. The number of carbonyl (C=O) groups excluding carboxylic acids is 2. The predicted molar refractivity (Wildman–Crippen MR) is 222 cm³/mol. The Morgan fingerprint density at radius 3 is 1.35 bits per heavy atom. The fourth-order valence-electron chi connectivity index (χ4n) is 6.24.